The van der Waals surface area contributed by atoms with Crippen molar-refractivity contribution in [3.63, 3.8) is 0 Å². The molecule has 8 N–H and O–H groups in total. The third kappa shape index (κ3) is 12.4. The van der Waals surface area contributed by atoms with Crippen molar-refractivity contribution >= 4 is 30.1 Å². The summed E-state index contributed by atoms with van der Waals surface area (Å²) in [7, 11) is 1.17. The molecule has 16 unspecified atom stereocenters. The van der Waals surface area contributed by atoms with Crippen molar-refractivity contribution in [2.45, 2.75) is 243 Å². The van der Waals surface area contributed by atoms with E-state index in [2.05, 4.69) is 12.2 Å². The number of amides is 1. The number of carbonyl (C=O) groups is 5. The molecular weight excluding hydrogens is 1130 g/mol. The molecule has 480 valence electrons. The van der Waals surface area contributed by atoms with E-state index < -0.39 is 192 Å². The van der Waals surface area contributed by atoms with Crippen LogP contribution in [0.15, 0.2) is 58.4 Å². The normalized spacial score (nSPS) is 47.6. The number of nitrogens with zero attached hydrogens (tertiary/aromatic N) is 1. The number of rotatable bonds is 12. The van der Waals surface area contributed by atoms with E-state index in [0.29, 0.717) is 18.3 Å². The minimum absolute atomic E-state index is 0.000359. The van der Waals surface area contributed by atoms with Crippen LogP contribution < -0.4 is 5.32 Å². The molecule has 5 saturated heterocycles. The summed E-state index contributed by atoms with van der Waals surface area (Å²) in [6, 6.07) is -1.00. The number of aldehydes is 1. The minimum atomic E-state index is -2.19. The Bertz CT molecular complexity index is 2690. The number of ketones is 1. The highest BCUT2D eigenvalue weighted by atomic mass is 16.8. The Balaban J connectivity index is 1.04. The summed E-state index contributed by atoms with van der Waals surface area (Å²) in [4.78, 5) is 67.8. The maximum absolute atomic E-state index is 15.5. The molecule has 5 heterocycles. The van der Waals surface area contributed by atoms with Crippen molar-refractivity contribution in [2.24, 2.45) is 40.9 Å². The number of nitrogens with one attached hydrogen (secondary N) is 1. The summed E-state index contributed by atoms with van der Waals surface area (Å²) in [6.45, 7) is 18.9. The average molecular weight is 1220 g/mol. The van der Waals surface area contributed by atoms with Gasteiger partial charge in [-0.1, -0.05) is 55.9 Å². The molecular formula is C61H88N2O23. The van der Waals surface area contributed by atoms with Gasteiger partial charge < -0.3 is 83.0 Å². The molecule has 27 atom stereocenters. The van der Waals surface area contributed by atoms with Gasteiger partial charge in [0.2, 0.25) is 5.78 Å². The van der Waals surface area contributed by atoms with Crippen LogP contribution in [0.2, 0.25) is 0 Å². The number of aliphatic hydroxyl groups excluding tert-OH is 5. The van der Waals surface area contributed by atoms with Crippen LogP contribution in [0.1, 0.15) is 121 Å². The fourth-order valence-corrected chi connectivity index (χ4v) is 15.6. The van der Waals surface area contributed by atoms with Gasteiger partial charge in [-0.25, -0.2) is 9.59 Å². The number of esters is 2. The van der Waals surface area contributed by atoms with Gasteiger partial charge >= 0.3 is 18.0 Å². The summed E-state index contributed by atoms with van der Waals surface area (Å²) < 4.78 is 68.2. The van der Waals surface area contributed by atoms with Gasteiger partial charge in [-0.05, 0) is 96.3 Å². The number of methoxy groups -OCH3 is 1. The number of Topliss-reactive ketones (excluding diaryl/α,β-unsaturated/α-hetero) is 1. The maximum atomic E-state index is 15.5. The summed E-state index contributed by atoms with van der Waals surface area (Å²) in [5.74, 6) is -6.56. The van der Waals surface area contributed by atoms with E-state index in [9.17, 15) is 55.1 Å². The smallest absolute Gasteiger partial charge is 0.407 e. The lowest BCUT2D eigenvalue weighted by atomic mass is 9.49. The minimum Gasteiger partial charge on any atom is -0.511 e. The lowest BCUT2D eigenvalue weighted by Gasteiger charge is -2.56. The van der Waals surface area contributed by atoms with Gasteiger partial charge in [-0.2, -0.15) is 0 Å². The van der Waals surface area contributed by atoms with E-state index in [0.717, 1.165) is 5.57 Å². The first kappa shape index (κ1) is 65.9. The lowest BCUT2D eigenvalue weighted by Crippen LogP contribution is -2.68. The highest BCUT2D eigenvalue weighted by Crippen LogP contribution is 2.61. The number of hydroxylamine groups is 2. The third-order valence-electron chi connectivity index (χ3n) is 19.9. The molecule has 0 aromatic carbocycles. The second kappa shape index (κ2) is 25.7. The van der Waals surface area contributed by atoms with E-state index in [1.54, 1.807) is 40.7 Å². The molecule has 86 heavy (non-hydrogen) atoms. The van der Waals surface area contributed by atoms with E-state index >= 15 is 4.79 Å². The van der Waals surface area contributed by atoms with Crippen LogP contribution in [0.5, 0.6) is 0 Å². The monoisotopic (exact) mass is 1220 g/mol. The Kier molecular flexibility index (Phi) is 19.7. The molecule has 1 saturated carbocycles. The summed E-state index contributed by atoms with van der Waals surface area (Å²) in [5, 5.41) is 81.1. The predicted molar refractivity (Wildman–Crippen MR) is 297 cm³/mol. The number of hydrogen-bond donors (Lipinski definition) is 8. The zero-order valence-corrected chi connectivity index (χ0v) is 50.9. The van der Waals surface area contributed by atoms with Crippen LogP contribution in [-0.2, 0) is 71.3 Å². The Morgan fingerprint density at radius 2 is 1.38 bits per heavy atom. The molecule has 0 radical (unpaired) electrons. The van der Waals surface area contributed by atoms with E-state index in [1.165, 1.54) is 27.0 Å². The number of carbonyl (C=O) groups excluding carboxylic acids is 5. The fourth-order valence-electron chi connectivity index (χ4n) is 15.6. The second-order valence-electron chi connectivity index (χ2n) is 25.9. The molecule has 6 fully saturated rings. The largest absolute Gasteiger partial charge is 0.511 e. The molecule has 9 rings (SSSR count). The first-order chi connectivity index (χ1) is 40.4. The topological polar surface area (TPSA) is 344 Å². The van der Waals surface area contributed by atoms with Crippen LogP contribution in [0.25, 0.3) is 0 Å². The Labute approximate surface area is 500 Å². The van der Waals surface area contributed by atoms with E-state index in [4.69, 9.17) is 52.1 Å². The van der Waals surface area contributed by atoms with Gasteiger partial charge in [0.1, 0.15) is 35.9 Å². The predicted octanol–water partition coefficient (Wildman–Crippen LogP) is 4.22. The number of fused-ring (bicyclic) bond motifs is 4. The Hall–Kier alpha value is -4.55. The first-order valence-electron chi connectivity index (χ1n) is 30.0. The average Bonchev–Trinajstić information content (AvgIpc) is 1.43. The first-order valence-corrected chi connectivity index (χ1v) is 30.0. The summed E-state index contributed by atoms with van der Waals surface area (Å²) in [5.41, 5.74) is -4.67. The van der Waals surface area contributed by atoms with Crippen LogP contribution in [0.4, 0.5) is 4.79 Å². The van der Waals surface area contributed by atoms with Crippen molar-refractivity contribution in [1.29, 1.82) is 0 Å². The summed E-state index contributed by atoms with van der Waals surface area (Å²) >= 11 is 0. The number of aliphatic hydroxyl groups is 5. The molecule has 0 aromatic rings. The molecule has 4 aliphatic carbocycles. The SMILES string of the molecule is COC(=O)NC1C(C)OC(O[C@H]2C/C=C(\C)[C@@H]3C=C[C@@H]4[C@@H](OC5CC(OC6CC(O)C(OC7CC(O)C(O)C(C)O7)C(C)O6)C(OC(C)=O)C(C)O5)[C@@H](C)C[C@H](C)[C@H]4[C@]3(C)C(O)=C3C(=O)O[C@]4(CC(C=O)=C[C@H](O)[C@H]4/C=C\2C)C3=O)CC1(C)N(O)O. The highest BCUT2D eigenvalue weighted by molar-refractivity contribution is 6.26. The van der Waals surface area contributed by atoms with Crippen molar-refractivity contribution in [1.82, 2.24) is 10.5 Å². The Morgan fingerprint density at radius 3 is 2.02 bits per heavy atom. The van der Waals surface area contributed by atoms with Crippen LogP contribution in [0, 0.1) is 40.9 Å². The Morgan fingerprint density at radius 1 is 0.756 bits per heavy atom. The number of alkyl carbamates (subject to hydrolysis) is 1. The van der Waals surface area contributed by atoms with Gasteiger partial charge in [0, 0.05) is 56.3 Å². The quantitative estimate of drug-likeness (QED) is 0.0338. The molecule has 1 amide bonds. The van der Waals surface area contributed by atoms with Gasteiger partial charge in [0.15, 0.2) is 36.9 Å². The molecule has 2 bridgehead atoms. The zero-order chi connectivity index (χ0) is 62.8. The van der Waals surface area contributed by atoms with Crippen molar-refractivity contribution < 1.29 is 112 Å². The van der Waals surface area contributed by atoms with Gasteiger partial charge in [-0.3, -0.25) is 24.8 Å². The molecule has 1 spiro atoms. The maximum Gasteiger partial charge on any atom is 0.407 e. The van der Waals surface area contributed by atoms with E-state index in [1.807, 2.05) is 39.0 Å². The summed E-state index contributed by atoms with van der Waals surface area (Å²) in [6.07, 6.45) is -7.81. The fraction of sp³-hybridized carbons (Fsp3) is 0.754. The highest BCUT2D eigenvalue weighted by Gasteiger charge is 2.65. The third-order valence-corrected chi connectivity index (χ3v) is 19.9. The number of allylic oxidation sites excluding steroid dienone is 3. The molecule has 0 aromatic heterocycles. The molecule has 25 heteroatoms. The number of hydrogen-bond acceptors (Lipinski definition) is 24. The lowest BCUT2D eigenvalue weighted by molar-refractivity contribution is -0.390. The van der Waals surface area contributed by atoms with Gasteiger partial charge in [-0.15, -0.1) is 0 Å². The standard InChI is InChI=1S/C61H88N2O23/c1-26-13-16-42(82-47-24-59(10,63(74)75)54(33(8)80-47)62-58(73)76-12)27(2)18-38-39(66)19-35(25-64)23-61(38)56(71)48(57(72)86-61)55(70)60(11)37(26)15-14-36-49(60)28(3)17-29(4)51(36)84-46-22-43(53(32(7)79-46)81-34(9)65)83-44-21-41(68)52(31(6)78-44)85-45-20-40(67)50(69)30(5)77-45/h13-15,18-19,25,28-33,36-47,49-54,66-70,74-75H,16-17,20-24H2,1-12H3,(H,62,73)/b26-13+,27-18-,55-48?/t28-,29-,30?,31?,32?,33?,36-,37-,38+,39-,40?,41?,42-,43?,44?,45?,46?,47?,49+,50?,51-,52?,53?,54?,59?,60+,61-/m0/s1. The number of ether oxygens (including phenoxy) is 11. The molecule has 5 aliphatic heterocycles. The van der Waals surface area contributed by atoms with Crippen molar-refractivity contribution in [2.75, 3.05) is 7.11 Å². The van der Waals surface area contributed by atoms with Crippen LogP contribution in [0.3, 0.4) is 0 Å². The molecule has 25 nitrogen and oxygen atoms in total. The van der Waals surface area contributed by atoms with Crippen molar-refractivity contribution in [3.8, 4) is 0 Å². The van der Waals surface area contributed by atoms with Crippen molar-refractivity contribution in [3.05, 3.63) is 58.4 Å². The van der Waals surface area contributed by atoms with Gasteiger partial charge in [0.05, 0.1) is 79.5 Å². The zero-order valence-electron chi connectivity index (χ0n) is 50.9. The van der Waals surface area contributed by atoms with E-state index in [-0.39, 0.29) is 54.7 Å². The van der Waals surface area contributed by atoms with Gasteiger partial charge in [0.25, 0.3) is 0 Å². The molecule has 9 aliphatic rings. The van der Waals surface area contributed by atoms with Crippen LogP contribution >= 0.6 is 0 Å². The second-order valence-corrected chi connectivity index (χ2v) is 25.9. The van der Waals surface area contributed by atoms with Crippen LogP contribution in [-0.4, -0.2) is 200 Å².